The lowest BCUT2D eigenvalue weighted by atomic mass is 10.0. The van der Waals surface area contributed by atoms with Crippen molar-refractivity contribution in [3.05, 3.63) is 35.4 Å². The molecule has 4 heteroatoms. The zero-order valence-electron chi connectivity index (χ0n) is 8.73. The number of hydrogen-bond acceptors (Lipinski definition) is 3. The number of rotatable bonds is 1. The molecule has 0 radical (unpaired) electrons. The van der Waals surface area contributed by atoms with Gasteiger partial charge >= 0.3 is 0 Å². The van der Waals surface area contributed by atoms with E-state index in [-0.39, 0.29) is 0 Å². The third kappa shape index (κ3) is 2.21. The molecule has 82 valence electrons. The van der Waals surface area contributed by atoms with Crippen LogP contribution in [0.4, 0.5) is 0 Å². The number of hydrogen-bond donors (Lipinski definition) is 1. The van der Waals surface area contributed by atoms with E-state index >= 15 is 0 Å². The number of benzene rings is 1. The molecule has 1 unspecified atom stereocenters. The van der Waals surface area contributed by atoms with Crippen molar-refractivity contribution >= 4 is 9.84 Å². The summed E-state index contributed by atoms with van der Waals surface area (Å²) in [5.41, 5.74) is 2.11. The van der Waals surface area contributed by atoms with Gasteiger partial charge in [0.25, 0.3) is 0 Å². The van der Waals surface area contributed by atoms with Gasteiger partial charge in [0.1, 0.15) is 0 Å². The first-order valence-corrected chi connectivity index (χ1v) is 7.02. The van der Waals surface area contributed by atoms with Crippen LogP contribution in [0, 0.1) is 0 Å². The normalized spacial score (nSPS) is 21.8. The molecule has 0 fully saturated rings. The SMILES string of the molecule is CS(=O)(=O)C1CNCCc2ccccc21. The van der Waals surface area contributed by atoms with Crippen molar-refractivity contribution in [2.45, 2.75) is 11.7 Å². The van der Waals surface area contributed by atoms with Crippen LogP contribution in [-0.4, -0.2) is 27.8 Å². The van der Waals surface area contributed by atoms with Gasteiger partial charge in [-0.25, -0.2) is 8.42 Å². The molecule has 1 aromatic carbocycles. The molecular weight excluding hydrogens is 210 g/mol. The molecule has 0 saturated heterocycles. The van der Waals surface area contributed by atoms with Crippen LogP contribution in [0.25, 0.3) is 0 Å². The van der Waals surface area contributed by atoms with E-state index in [0.29, 0.717) is 6.54 Å². The third-order valence-electron chi connectivity index (χ3n) is 2.82. The Bertz CT molecular complexity index is 453. The molecule has 15 heavy (non-hydrogen) atoms. The summed E-state index contributed by atoms with van der Waals surface area (Å²) in [6.07, 6.45) is 2.21. The first kappa shape index (κ1) is 10.6. The van der Waals surface area contributed by atoms with Gasteiger partial charge in [0.2, 0.25) is 0 Å². The molecule has 3 nitrogen and oxygen atoms in total. The van der Waals surface area contributed by atoms with Crippen LogP contribution in [0.5, 0.6) is 0 Å². The van der Waals surface area contributed by atoms with Gasteiger partial charge in [0, 0.05) is 12.8 Å². The smallest absolute Gasteiger partial charge is 0.155 e. The molecular formula is C11H15NO2S. The van der Waals surface area contributed by atoms with Gasteiger partial charge in [-0.05, 0) is 24.1 Å². The minimum Gasteiger partial charge on any atom is -0.315 e. The van der Waals surface area contributed by atoms with Gasteiger partial charge in [-0.2, -0.15) is 0 Å². The van der Waals surface area contributed by atoms with E-state index in [2.05, 4.69) is 5.32 Å². The quantitative estimate of drug-likeness (QED) is 0.773. The molecule has 1 aliphatic heterocycles. The third-order valence-corrected chi connectivity index (χ3v) is 4.27. The average molecular weight is 225 g/mol. The summed E-state index contributed by atoms with van der Waals surface area (Å²) in [6, 6.07) is 7.81. The highest BCUT2D eigenvalue weighted by molar-refractivity contribution is 7.91. The van der Waals surface area contributed by atoms with Crippen molar-refractivity contribution in [1.29, 1.82) is 0 Å². The van der Waals surface area contributed by atoms with Crippen molar-refractivity contribution in [2.24, 2.45) is 0 Å². The Labute approximate surface area is 90.4 Å². The minimum absolute atomic E-state index is 0.392. The van der Waals surface area contributed by atoms with Crippen LogP contribution >= 0.6 is 0 Å². The molecule has 1 aliphatic rings. The van der Waals surface area contributed by atoms with Crippen LogP contribution in [-0.2, 0) is 16.3 Å². The monoisotopic (exact) mass is 225 g/mol. The summed E-state index contributed by atoms with van der Waals surface area (Å²) >= 11 is 0. The zero-order chi connectivity index (χ0) is 10.9. The number of nitrogens with one attached hydrogen (secondary N) is 1. The molecule has 0 spiro atoms. The summed E-state index contributed by atoms with van der Waals surface area (Å²) in [5, 5.41) is 2.78. The molecule has 1 N–H and O–H groups in total. The maximum atomic E-state index is 11.7. The van der Waals surface area contributed by atoms with E-state index in [4.69, 9.17) is 0 Å². The fraction of sp³-hybridized carbons (Fsp3) is 0.455. The van der Waals surface area contributed by atoms with E-state index in [1.807, 2.05) is 24.3 Å². The Morgan fingerprint density at radius 3 is 2.80 bits per heavy atom. The van der Waals surface area contributed by atoms with E-state index in [1.165, 1.54) is 6.26 Å². The number of fused-ring (bicyclic) bond motifs is 1. The maximum Gasteiger partial charge on any atom is 0.155 e. The highest BCUT2D eigenvalue weighted by Gasteiger charge is 2.26. The summed E-state index contributed by atoms with van der Waals surface area (Å²) in [5.74, 6) is 0. The van der Waals surface area contributed by atoms with Gasteiger partial charge in [-0.1, -0.05) is 24.3 Å². The highest BCUT2D eigenvalue weighted by atomic mass is 32.2. The predicted molar refractivity (Wildman–Crippen MR) is 60.6 cm³/mol. The van der Waals surface area contributed by atoms with E-state index in [1.54, 1.807) is 0 Å². The molecule has 0 amide bonds. The Balaban J connectivity index is 2.51. The fourth-order valence-corrected chi connectivity index (χ4v) is 3.14. The van der Waals surface area contributed by atoms with Crippen LogP contribution in [0.2, 0.25) is 0 Å². The first-order chi connectivity index (χ1) is 7.09. The van der Waals surface area contributed by atoms with Gasteiger partial charge in [0.05, 0.1) is 5.25 Å². The topological polar surface area (TPSA) is 46.2 Å². The minimum atomic E-state index is -3.03. The molecule has 1 atom stereocenters. The standard InChI is InChI=1S/C11H15NO2S/c1-15(13,14)11-8-12-7-6-9-4-2-3-5-10(9)11/h2-5,11-12H,6-8H2,1H3. The molecule has 0 aromatic heterocycles. The van der Waals surface area contributed by atoms with Crippen LogP contribution in [0.3, 0.4) is 0 Å². The molecule has 0 aliphatic carbocycles. The van der Waals surface area contributed by atoms with Crippen LogP contribution < -0.4 is 5.32 Å². The summed E-state index contributed by atoms with van der Waals surface area (Å²) in [4.78, 5) is 0. The van der Waals surface area contributed by atoms with Crippen molar-refractivity contribution < 1.29 is 8.42 Å². The first-order valence-electron chi connectivity index (χ1n) is 5.06. The van der Waals surface area contributed by atoms with E-state index < -0.39 is 15.1 Å². The second kappa shape index (κ2) is 3.94. The second-order valence-electron chi connectivity index (χ2n) is 3.97. The molecule has 0 saturated carbocycles. The molecule has 1 heterocycles. The molecule has 1 aromatic rings. The van der Waals surface area contributed by atoms with Gasteiger partial charge in [-0.15, -0.1) is 0 Å². The van der Waals surface area contributed by atoms with Crippen molar-refractivity contribution in [3.8, 4) is 0 Å². The largest absolute Gasteiger partial charge is 0.315 e. The second-order valence-corrected chi connectivity index (χ2v) is 6.20. The lowest BCUT2D eigenvalue weighted by Gasteiger charge is -2.15. The van der Waals surface area contributed by atoms with Gasteiger partial charge in [0.15, 0.2) is 9.84 Å². The van der Waals surface area contributed by atoms with Gasteiger partial charge in [-0.3, -0.25) is 0 Å². The van der Waals surface area contributed by atoms with Crippen molar-refractivity contribution in [1.82, 2.24) is 5.32 Å². The summed E-state index contributed by atoms with van der Waals surface area (Å²) in [7, 11) is -3.03. The van der Waals surface area contributed by atoms with Crippen molar-refractivity contribution in [2.75, 3.05) is 19.3 Å². The van der Waals surface area contributed by atoms with Gasteiger partial charge < -0.3 is 5.32 Å². The zero-order valence-corrected chi connectivity index (χ0v) is 9.55. The lowest BCUT2D eigenvalue weighted by molar-refractivity contribution is 0.580. The lowest BCUT2D eigenvalue weighted by Crippen LogP contribution is -2.25. The molecule has 2 rings (SSSR count). The number of sulfone groups is 1. The Kier molecular flexibility index (Phi) is 2.80. The van der Waals surface area contributed by atoms with Crippen molar-refractivity contribution in [3.63, 3.8) is 0 Å². The Morgan fingerprint density at radius 1 is 1.33 bits per heavy atom. The Morgan fingerprint density at radius 2 is 2.07 bits per heavy atom. The fourth-order valence-electron chi connectivity index (χ4n) is 2.02. The predicted octanol–water partition coefficient (Wildman–Crippen LogP) is 0.918. The molecule has 0 bridgehead atoms. The van der Waals surface area contributed by atoms with E-state index in [0.717, 1.165) is 24.1 Å². The highest BCUT2D eigenvalue weighted by Crippen LogP contribution is 2.26. The average Bonchev–Trinajstić information content (AvgIpc) is 2.38. The van der Waals surface area contributed by atoms with Crippen LogP contribution in [0.1, 0.15) is 16.4 Å². The van der Waals surface area contributed by atoms with Crippen LogP contribution in [0.15, 0.2) is 24.3 Å². The summed E-state index contributed by atoms with van der Waals surface area (Å²) in [6.45, 7) is 1.37. The summed E-state index contributed by atoms with van der Waals surface area (Å²) < 4.78 is 23.3. The van der Waals surface area contributed by atoms with E-state index in [9.17, 15) is 8.42 Å². The maximum absolute atomic E-state index is 11.7. The Hall–Kier alpha value is -0.870.